The number of ether oxygens (including phenoxy) is 1. The van der Waals surface area contributed by atoms with Crippen LogP contribution in [0.15, 0.2) is 59.8 Å². The number of para-hydroxylation sites is 2. The Morgan fingerprint density at radius 3 is 2.52 bits per heavy atom. The Morgan fingerprint density at radius 1 is 1.13 bits per heavy atom. The van der Waals surface area contributed by atoms with Crippen molar-refractivity contribution in [2.24, 2.45) is 5.10 Å². The van der Waals surface area contributed by atoms with Crippen LogP contribution in [0, 0.1) is 12.7 Å². The van der Waals surface area contributed by atoms with Crippen molar-refractivity contribution in [3.05, 3.63) is 71.8 Å². The number of aryl methyl sites for hydroxylation is 1. The van der Waals surface area contributed by atoms with Crippen LogP contribution in [-0.4, -0.2) is 15.9 Å². The minimum Gasteiger partial charge on any atom is -0.454 e. The molecular weight excluding hydrogens is 295 g/mol. The summed E-state index contributed by atoms with van der Waals surface area (Å²) in [5.74, 6) is 0.531. The summed E-state index contributed by atoms with van der Waals surface area (Å²) in [7, 11) is 0. The lowest BCUT2D eigenvalue weighted by Crippen LogP contribution is -1.98. The molecule has 1 aromatic heterocycles. The van der Waals surface area contributed by atoms with Crippen LogP contribution in [0.2, 0.25) is 0 Å². The SMILES string of the molecule is Cc1cn(N=Cc2ccccc2Oc2ccccc2F)c(N)n1. The normalized spacial score (nSPS) is 11.0. The fraction of sp³-hybridized carbons (Fsp3) is 0.0588. The molecule has 3 aromatic rings. The minimum absolute atomic E-state index is 0.159. The molecule has 0 fully saturated rings. The molecule has 2 N–H and O–H groups in total. The van der Waals surface area contributed by atoms with E-state index in [9.17, 15) is 4.39 Å². The smallest absolute Gasteiger partial charge is 0.221 e. The Balaban J connectivity index is 1.89. The van der Waals surface area contributed by atoms with Crippen LogP contribution in [0.1, 0.15) is 11.3 Å². The van der Waals surface area contributed by atoms with E-state index in [2.05, 4.69) is 10.1 Å². The molecule has 0 atom stereocenters. The quantitative estimate of drug-likeness (QED) is 0.749. The summed E-state index contributed by atoms with van der Waals surface area (Å²) in [6.07, 6.45) is 3.31. The van der Waals surface area contributed by atoms with Crippen molar-refractivity contribution >= 4 is 12.2 Å². The zero-order valence-electron chi connectivity index (χ0n) is 12.5. The number of nitrogens with zero attached hydrogens (tertiary/aromatic N) is 3. The summed E-state index contributed by atoms with van der Waals surface area (Å²) in [5.41, 5.74) is 7.21. The Labute approximate surface area is 132 Å². The van der Waals surface area contributed by atoms with Gasteiger partial charge >= 0.3 is 0 Å². The van der Waals surface area contributed by atoms with E-state index >= 15 is 0 Å². The van der Waals surface area contributed by atoms with Gasteiger partial charge in [0.2, 0.25) is 5.95 Å². The molecule has 1 heterocycles. The van der Waals surface area contributed by atoms with Gasteiger partial charge in [-0.15, -0.1) is 0 Å². The van der Waals surface area contributed by atoms with Crippen molar-refractivity contribution in [1.82, 2.24) is 9.66 Å². The molecule has 0 amide bonds. The molecular formula is C17H15FN4O. The van der Waals surface area contributed by atoms with Gasteiger partial charge in [0.1, 0.15) is 5.75 Å². The molecule has 0 aliphatic carbocycles. The molecule has 3 rings (SSSR count). The fourth-order valence-corrected chi connectivity index (χ4v) is 2.05. The minimum atomic E-state index is -0.422. The molecule has 0 aliphatic rings. The van der Waals surface area contributed by atoms with Crippen LogP contribution in [-0.2, 0) is 0 Å². The van der Waals surface area contributed by atoms with E-state index in [1.165, 1.54) is 10.7 Å². The van der Waals surface area contributed by atoms with Crippen molar-refractivity contribution < 1.29 is 9.13 Å². The average Bonchev–Trinajstić information content (AvgIpc) is 2.86. The predicted octanol–water partition coefficient (Wildman–Crippen LogP) is 3.59. The van der Waals surface area contributed by atoms with Gasteiger partial charge in [-0.25, -0.2) is 14.1 Å². The highest BCUT2D eigenvalue weighted by atomic mass is 19.1. The third-order valence-electron chi connectivity index (χ3n) is 3.13. The second-order valence-corrected chi connectivity index (χ2v) is 4.90. The number of hydrogen-bond donors (Lipinski definition) is 1. The van der Waals surface area contributed by atoms with E-state index in [4.69, 9.17) is 10.5 Å². The zero-order valence-corrected chi connectivity index (χ0v) is 12.5. The van der Waals surface area contributed by atoms with Crippen LogP contribution < -0.4 is 10.5 Å². The van der Waals surface area contributed by atoms with E-state index in [0.29, 0.717) is 17.3 Å². The molecule has 0 aliphatic heterocycles. The molecule has 2 aromatic carbocycles. The van der Waals surface area contributed by atoms with Gasteiger partial charge in [-0.1, -0.05) is 24.3 Å². The summed E-state index contributed by atoms with van der Waals surface area (Å²) in [6.45, 7) is 1.83. The van der Waals surface area contributed by atoms with E-state index in [0.717, 1.165) is 5.69 Å². The maximum Gasteiger partial charge on any atom is 0.221 e. The van der Waals surface area contributed by atoms with E-state index in [-0.39, 0.29) is 5.75 Å². The van der Waals surface area contributed by atoms with Crippen molar-refractivity contribution in [2.75, 3.05) is 5.73 Å². The van der Waals surface area contributed by atoms with Crippen molar-refractivity contribution in [2.45, 2.75) is 6.92 Å². The van der Waals surface area contributed by atoms with Crippen LogP contribution in [0.3, 0.4) is 0 Å². The summed E-state index contributed by atoms with van der Waals surface area (Å²) < 4.78 is 20.8. The molecule has 0 radical (unpaired) electrons. The van der Waals surface area contributed by atoms with Gasteiger partial charge in [0, 0.05) is 5.56 Å². The first-order chi connectivity index (χ1) is 11.1. The molecule has 0 saturated heterocycles. The second-order valence-electron chi connectivity index (χ2n) is 4.90. The van der Waals surface area contributed by atoms with Crippen molar-refractivity contribution in [1.29, 1.82) is 0 Å². The van der Waals surface area contributed by atoms with Gasteiger partial charge in [0.25, 0.3) is 0 Å². The Hall–Kier alpha value is -3.15. The van der Waals surface area contributed by atoms with E-state index in [1.807, 2.05) is 25.1 Å². The molecule has 0 bridgehead atoms. The Morgan fingerprint density at radius 2 is 1.83 bits per heavy atom. The van der Waals surface area contributed by atoms with Crippen LogP contribution in [0.4, 0.5) is 10.3 Å². The van der Waals surface area contributed by atoms with Crippen molar-refractivity contribution in [3.8, 4) is 11.5 Å². The van der Waals surface area contributed by atoms with Gasteiger partial charge in [0.05, 0.1) is 18.1 Å². The lowest BCUT2D eigenvalue weighted by Gasteiger charge is -2.09. The summed E-state index contributed by atoms with van der Waals surface area (Å²) in [6, 6.07) is 13.5. The fourth-order valence-electron chi connectivity index (χ4n) is 2.05. The first-order valence-corrected chi connectivity index (χ1v) is 7.01. The average molecular weight is 310 g/mol. The first-order valence-electron chi connectivity index (χ1n) is 7.01. The molecule has 0 spiro atoms. The number of nitrogen functional groups attached to an aromatic ring is 1. The van der Waals surface area contributed by atoms with E-state index in [1.54, 1.807) is 36.7 Å². The third kappa shape index (κ3) is 3.37. The maximum absolute atomic E-state index is 13.7. The van der Waals surface area contributed by atoms with Gasteiger partial charge < -0.3 is 10.5 Å². The molecule has 0 saturated carbocycles. The third-order valence-corrected chi connectivity index (χ3v) is 3.13. The molecule has 5 nitrogen and oxygen atoms in total. The molecule has 6 heteroatoms. The van der Waals surface area contributed by atoms with Crippen LogP contribution >= 0.6 is 0 Å². The first kappa shape index (κ1) is 14.8. The highest BCUT2D eigenvalue weighted by Gasteiger charge is 2.07. The van der Waals surface area contributed by atoms with Crippen LogP contribution in [0.25, 0.3) is 0 Å². The Kier molecular flexibility index (Phi) is 4.05. The predicted molar refractivity (Wildman–Crippen MR) is 87.3 cm³/mol. The number of halogens is 1. The number of rotatable bonds is 4. The zero-order chi connectivity index (χ0) is 16.2. The van der Waals surface area contributed by atoms with Crippen LogP contribution in [0.5, 0.6) is 11.5 Å². The van der Waals surface area contributed by atoms with E-state index < -0.39 is 5.82 Å². The number of hydrogen-bond acceptors (Lipinski definition) is 4. The summed E-state index contributed by atoms with van der Waals surface area (Å²) in [4.78, 5) is 4.07. The highest BCUT2D eigenvalue weighted by molar-refractivity contribution is 5.83. The molecule has 0 unspecified atom stereocenters. The topological polar surface area (TPSA) is 65.4 Å². The molecule has 23 heavy (non-hydrogen) atoms. The highest BCUT2D eigenvalue weighted by Crippen LogP contribution is 2.26. The number of anilines is 1. The molecule has 116 valence electrons. The monoisotopic (exact) mass is 310 g/mol. The summed E-state index contributed by atoms with van der Waals surface area (Å²) in [5, 5.41) is 4.25. The lowest BCUT2D eigenvalue weighted by atomic mass is 10.2. The van der Waals surface area contributed by atoms with Gasteiger partial charge in [-0.3, -0.25) is 0 Å². The standard InChI is InChI=1S/C17H15FN4O/c1-12-11-22(17(19)21-12)20-10-13-6-2-4-8-15(13)23-16-9-5-3-7-14(16)18/h2-11H,1H3,(H2,19,21). The number of benzene rings is 2. The maximum atomic E-state index is 13.7. The number of imidazole rings is 1. The largest absolute Gasteiger partial charge is 0.454 e. The Bertz CT molecular complexity index is 857. The number of nitrogens with two attached hydrogens (primary N) is 1. The lowest BCUT2D eigenvalue weighted by molar-refractivity contribution is 0.442. The van der Waals surface area contributed by atoms with Gasteiger partial charge in [-0.2, -0.15) is 5.10 Å². The second kappa shape index (κ2) is 6.31. The van der Waals surface area contributed by atoms with Gasteiger partial charge in [0.15, 0.2) is 11.6 Å². The van der Waals surface area contributed by atoms with Crippen molar-refractivity contribution in [3.63, 3.8) is 0 Å². The summed E-state index contributed by atoms with van der Waals surface area (Å²) >= 11 is 0. The number of aromatic nitrogens is 2. The van der Waals surface area contributed by atoms with Gasteiger partial charge in [-0.05, 0) is 31.2 Å².